The summed E-state index contributed by atoms with van der Waals surface area (Å²) in [6, 6.07) is 6.20. The standard InChI is InChI=1S/C9H9NO4/c1-6(11)13-14-8-5-3-2-4-7(8)9(10)12/h2-5H,1H3,(H2,10,12). The minimum Gasteiger partial charge on any atom is -0.365 e. The molecule has 1 amide bonds. The smallest absolute Gasteiger partial charge is 0.352 e. The van der Waals surface area contributed by atoms with Crippen molar-refractivity contribution in [2.45, 2.75) is 6.92 Å². The maximum absolute atomic E-state index is 10.9. The normalized spacial score (nSPS) is 9.21. The number of hydrogen-bond acceptors (Lipinski definition) is 4. The van der Waals surface area contributed by atoms with Crippen molar-refractivity contribution < 1.29 is 19.4 Å². The van der Waals surface area contributed by atoms with Crippen molar-refractivity contribution in [3.8, 4) is 5.75 Å². The molecule has 1 rings (SSSR count). The molecule has 0 aliphatic rings. The van der Waals surface area contributed by atoms with E-state index in [1.165, 1.54) is 19.1 Å². The highest BCUT2D eigenvalue weighted by Crippen LogP contribution is 2.17. The fraction of sp³-hybridized carbons (Fsp3) is 0.111. The summed E-state index contributed by atoms with van der Waals surface area (Å²) < 4.78 is 0. The van der Waals surface area contributed by atoms with Crippen molar-refractivity contribution in [2.75, 3.05) is 0 Å². The highest BCUT2D eigenvalue weighted by Gasteiger charge is 2.09. The first-order valence-corrected chi connectivity index (χ1v) is 3.85. The first-order chi connectivity index (χ1) is 6.61. The molecule has 0 aliphatic heterocycles. The lowest BCUT2D eigenvalue weighted by molar-refractivity contribution is -0.211. The van der Waals surface area contributed by atoms with Crippen molar-refractivity contribution in [3.05, 3.63) is 29.8 Å². The van der Waals surface area contributed by atoms with Crippen LogP contribution in [0, 0.1) is 0 Å². The number of rotatable bonds is 3. The highest BCUT2D eigenvalue weighted by atomic mass is 17.2. The molecular weight excluding hydrogens is 186 g/mol. The van der Waals surface area contributed by atoms with E-state index in [1.54, 1.807) is 12.1 Å². The molecule has 5 heteroatoms. The van der Waals surface area contributed by atoms with Crippen LogP contribution >= 0.6 is 0 Å². The van der Waals surface area contributed by atoms with Gasteiger partial charge in [0.25, 0.3) is 5.91 Å². The van der Waals surface area contributed by atoms with Crippen molar-refractivity contribution in [3.63, 3.8) is 0 Å². The lowest BCUT2D eigenvalue weighted by Gasteiger charge is -2.05. The zero-order valence-corrected chi connectivity index (χ0v) is 7.52. The molecular formula is C9H9NO4. The number of para-hydroxylation sites is 1. The lowest BCUT2D eigenvalue weighted by atomic mass is 10.2. The maximum Gasteiger partial charge on any atom is 0.352 e. The number of nitrogens with two attached hydrogens (primary N) is 1. The van der Waals surface area contributed by atoms with Gasteiger partial charge in [0.2, 0.25) is 0 Å². The minimum absolute atomic E-state index is 0.121. The Morgan fingerprint density at radius 2 is 1.93 bits per heavy atom. The summed E-state index contributed by atoms with van der Waals surface area (Å²) in [4.78, 5) is 30.2. The summed E-state index contributed by atoms with van der Waals surface area (Å²) in [5.41, 5.74) is 5.22. The minimum atomic E-state index is -0.646. The van der Waals surface area contributed by atoms with E-state index >= 15 is 0 Å². The van der Waals surface area contributed by atoms with Crippen LogP contribution in [0.25, 0.3) is 0 Å². The molecule has 2 N–H and O–H groups in total. The SMILES string of the molecule is CC(=O)OOc1ccccc1C(N)=O. The third kappa shape index (κ3) is 2.48. The average Bonchev–Trinajstić information content (AvgIpc) is 2.15. The van der Waals surface area contributed by atoms with Crippen molar-refractivity contribution >= 4 is 11.9 Å². The van der Waals surface area contributed by atoms with Gasteiger partial charge in [0, 0.05) is 6.92 Å². The molecule has 0 heterocycles. The first kappa shape index (κ1) is 10.0. The van der Waals surface area contributed by atoms with Gasteiger partial charge in [0.1, 0.15) is 0 Å². The quantitative estimate of drug-likeness (QED) is 0.567. The van der Waals surface area contributed by atoms with Gasteiger partial charge in [-0.15, -0.1) is 0 Å². The van der Waals surface area contributed by atoms with E-state index in [-0.39, 0.29) is 11.3 Å². The van der Waals surface area contributed by atoms with E-state index in [0.29, 0.717) is 0 Å². The van der Waals surface area contributed by atoms with Gasteiger partial charge in [0.05, 0.1) is 5.56 Å². The van der Waals surface area contributed by atoms with Crippen molar-refractivity contribution in [1.29, 1.82) is 0 Å². The molecule has 1 aromatic carbocycles. The lowest BCUT2D eigenvalue weighted by Crippen LogP contribution is -2.13. The van der Waals surface area contributed by atoms with Gasteiger partial charge in [-0.25, -0.2) is 4.79 Å². The summed E-state index contributed by atoms with van der Waals surface area (Å²) in [7, 11) is 0. The largest absolute Gasteiger partial charge is 0.365 e. The molecule has 0 saturated carbocycles. The third-order valence-electron chi connectivity index (χ3n) is 1.40. The van der Waals surface area contributed by atoms with Crippen LogP contribution in [-0.4, -0.2) is 11.9 Å². The molecule has 1 aromatic rings. The first-order valence-electron chi connectivity index (χ1n) is 3.85. The van der Waals surface area contributed by atoms with E-state index < -0.39 is 11.9 Å². The van der Waals surface area contributed by atoms with Crippen molar-refractivity contribution in [1.82, 2.24) is 0 Å². The Kier molecular flexibility index (Phi) is 3.06. The predicted molar refractivity (Wildman–Crippen MR) is 47.4 cm³/mol. The van der Waals surface area contributed by atoms with Crippen LogP contribution in [0.4, 0.5) is 0 Å². The molecule has 0 unspecified atom stereocenters. The second kappa shape index (κ2) is 4.27. The number of amides is 1. The molecule has 14 heavy (non-hydrogen) atoms. The average molecular weight is 195 g/mol. The monoisotopic (exact) mass is 195 g/mol. The molecule has 0 spiro atoms. The topological polar surface area (TPSA) is 78.6 Å². The summed E-state index contributed by atoms with van der Waals surface area (Å²) >= 11 is 0. The van der Waals surface area contributed by atoms with Gasteiger partial charge >= 0.3 is 5.97 Å². The van der Waals surface area contributed by atoms with E-state index in [9.17, 15) is 9.59 Å². The maximum atomic E-state index is 10.9. The molecule has 0 radical (unpaired) electrons. The molecule has 0 fully saturated rings. The molecule has 0 atom stereocenters. The van der Waals surface area contributed by atoms with Crippen LogP contribution in [0.15, 0.2) is 24.3 Å². The van der Waals surface area contributed by atoms with Crippen LogP contribution in [0.2, 0.25) is 0 Å². The number of carbonyl (C=O) groups is 2. The van der Waals surface area contributed by atoms with Gasteiger partial charge in [-0.05, 0) is 12.1 Å². The van der Waals surface area contributed by atoms with Gasteiger partial charge in [-0.1, -0.05) is 12.1 Å². The third-order valence-corrected chi connectivity index (χ3v) is 1.40. The second-order valence-corrected chi connectivity index (χ2v) is 2.52. The zero-order valence-electron chi connectivity index (χ0n) is 7.52. The molecule has 74 valence electrons. The van der Waals surface area contributed by atoms with E-state index in [1.807, 2.05) is 0 Å². The van der Waals surface area contributed by atoms with E-state index in [4.69, 9.17) is 5.73 Å². The van der Waals surface area contributed by atoms with Crippen LogP contribution in [0.1, 0.15) is 17.3 Å². The summed E-state index contributed by atoms with van der Waals surface area (Å²) in [5.74, 6) is -1.13. The summed E-state index contributed by atoms with van der Waals surface area (Å²) in [5, 5.41) is 0. The molecule has 0 bridgehead atoms. The molecule has 0 aliphatic carbocycles. The fourth-order valence-electron chi connectivity index (χ4n) is 0.846. The van der Waals surface area contributed by atoms with Gasteiger partial charge in [-0.2, -0.15) is 0 Å². The predicted octanol–water partition coefficient (Wildman–Crippen LogP) is 0.642. The number of carbonyl (C=O) groups excluding carboxylic acids is 2. The van der Waals surface area contributed by atoms with E-state index in [2.05, 4.69) is 9.78 Å². The Bertz CT molecular complexity index is 362. The zero-order chi connectivity index (χ0) is 10.6. The Balaban J connectivity index is 2.84. The fourth-order valence-corrected chi connectivity index (χ4v) is 0.846. The Hall–Kier alpha value is -2.04. The summed E-state index contributed by atoms with van der Waals surface area (Å²) in [6.07, 6.45) is 0. The van der Waals surface area contributed by atoms with E-state index in [0.717, 1.165) is 0 Å². The second-order valence-electron chi connectivity index (χ2n) is 2.52. The Morgan fingerprint density at radius 3 is 2.50 bits per heavy atom. The Morgan fingerprint density at radius 1 is 1.29 bits per heavy atom. The van der Waals surface area contributed by atoms with Crippen LogP contribution in [-0.2, 0) is 9.68 Å². The number of hydrogen-bond donors (Lipinski definition) is 1. The molecule has 5 nitrogen and oxygen atoms in total. The molecule has 0 aromatic heterocycles. The van der Waals surface area contributed by atoms with Crippen molar-refractivity contribution in [2.24, 2.45) is 5.73 Å². The van der Waals surface area contributed by atoms with Crippen LogP contribution in [0.3, 0.4) is 0 Å². The Labute approximate surface area is 80.3 Å². The van der Waals surface area contributed by atoms with Gasteiger partial charge < -0.3 is 5.73 Å². The summed E-state index contributed by atoms with van der Waals surface area (Å²) in [6.45, 7) is 1.19. The highest BCUT2D eigenvalue weighted by molar-refractivity contribution is 5.95. The van der Waals surface area contributed by atoms with Crippen LogP contribution < -0.4 is 10.6 Å². The number of primary amides is 1. The van der Waals surface area contributed by atoms with Crippen LogP contribution in [0.5, 0.6) is 5.75 Å². The molecule has 0 saturated heterocycles. The van der Waals surface area contributed by atoms with Gasteiger partial charge in [0.15, 0.2) is 5.75 Å². The number of benzene rings is 1. The van der Waals surface area contributed by atoms with Gasteiger partial charge in [-0.3, -0.25) is 14.6 Å².